The molecule has 2 rings (SSSR count). The summed E-state index contributed by atoms with van der Waals surface area (Å²) in [7, 11) is 0. The van der Waals surface area contributed by atoms with Crippen LogP contribution in [0.15, 0.2) is 0 Å². The van der Waals surface area contributed by atoms with Gasteiger partial charge in [0.05, 0.1) is 6.54 Å². The fourth-order valence-electron chi connectivity index (χ4n) is 1.68. The summed E-state index contributed by atoms with van der Waals surface area (Å²) in [5, 5.41) is 5.35. The maximum Gasteiger partial charge on any atom is 0.246 e. The van der Waals surface area contributed by atoms with Crippen molar-refractivity contribution in [3.63, 3.8) is 0 Å². The molecule has 66 valence electrons. The van der Waals surface area contributed by atoms with Gasteiger partial charge in [-0.1, -0.05) is 0 Å². The molecule has 1 unspecified atom stereocenters. The number of carbonyl (C=O) groups excluding carboxylic acids is 2. The maximum atomic E-state index is 11.4. The highest BCUT2D eigenvalue weighted by Gasteiger charge is 2.49. The van der Waals surface area contributed by atoms with Crippen LogP contribution >= 0.6 is 0 Å². The van der Waals surface area contributed by atoms with Gasteiger partial charge in [0, 0.05) is 0 Å². The predicted molar refractivity (Wildman–Crippen MR) is 42.3 cm³/mol. The van der Waals surface area contributed by atoms with Crippen LogP contribution in [0.25, 0.3) is 0 Å². The fourth-order valence-corrected chi connectivity index (χ4v) is 1.68. The predicted octanol–water partition coefficient (Wildman–Crippen LogP) is -0.599. The van der Waals surface area contributed by atoms with Crippen molar-refractivity contribution >= 4 is 11.8 Å². The molecule has 1 saturated heterocycles. The Morgan fingerprint density at radius 1 is 1.42 bits per heavy atom. The molecule has 2 fully saturated rings. The van der Waals surface area contributed by atoms with E-state index in [0.29, 0.717) is 5.92 Å². The molecule has 1 saturated carbocycles. The molecule has 12 heavy (non-hydrogen) atoms. The molecule has 1 aliphatic heterocycles. The van der Waals surface area contributed by atoms with Crippen LogP contribution in [0.1, 0.15) is 19.8 Å². The zero-order chi connectivity index (χ0) is 8.77. The highest BCUT2D eigenvalue weighted by atomic mass is 16.2. The van der Waals surface area contributed by atoms with Crippen molar-refractivity contribution in [2.45, 2.75) is 25.3 Å². The largest absolute Gasteiger partial charge is 0.345 e. The number of hydrogen-bond donors (Lipinski definition) is 2. The maximum absolute atomic E-state index is 11.4. The summed E-state index contributed by atoms with van der Waals surface area (Å²) in [5.41, 5.74) is -0.630. The molecule has 1 aliphatic carbocycles. The molecule has 0 aromatic carbocycles. The van der Waals surface area contributed by atoms with E-state index < -0.39 is 5.54 Å². The second-order valence-corrected chi connectivity index (χ2v) is 3.71. The lowest BCUT2D eigenvalue weighted by molar-refractivity contribution is -0.138. The lowest BCUT2D eigenvalue weighted by Gasteiger charge is -2.33. The van der Waals surface area contributed by atoms with Crippen molar-refractivity contribution in [3.05, 3.63) is 0 Å². The molecule has 4 heteroatoms. The Morgan fingerprint density at radius 2 is 2.08 bits per heavy atom. The molecule has 0 spiro atoms. The first kappa shape index (κ1) is 7.58. The van der Waals surface area contributed by atoms with E-state index in [1.165, 1.54) is 0 Å². The van der Waals surface area contributed by atoms with Crippen LogP contribution in [-0.4, -0.2) is 23.9 Å². The van der Waals surface area contributed by atoms with E-state index in [2.05, 4.69) is 10.6 Å². The van der Waals surface area contributed by atoms with E-state index in [9.17, 15) is 9.59 Å². The van der Waals surface area contributed by atoms with Gasteiger partial charge in [0.1, 0.15) is 5.54 Å². The van der Waals surface area contributed by atoms with Crippen molar-refractivity contribution in [2.75, 3.05) is 6.54 Å². The monoisotopic (exact) mass is 168 g/mol. The van der Waals surface area contributed by atoms with Crippen molar-refractivity contribution in [1.29, 1.82) is 0 Å². The quantitative estimate of drug-likeness (QED) is 0.549. The van der Waals surface area contributed by atoms with E-state index in [-0.39, 0.29) is 18.4 Å². The third kappa shape index (κ3) is 0.983. The van der Waals surface area contributed by atoms with E-state index in [0.717, 1.165) is 12.8 Å². The Hall–Kier alpha value is -1.06. The first-order valence-corrected chi connectivity index (χ1v) is 4.22. The topological polar surface area (TPSA) is 58.2 Å². The molecule has 2 N–H and O–H groups in total. The molecule has 2 aliphatic rings. The second-order valence-electron chi connectivity index (χ2n) is 3.71. The fraction of sp³-hybridized carbons (Fsp3) is 0.750. The highest BCUT2D eigenvalue weighted by Crippen LogP contribution is 2.40. The Labute approximate surface area is 70.7 Å². The highest BCUT2D eigenvalue weighted by molar-refractivity contribution is 5.98. The summed E-state index contributed by atoms with van der Waals surface area (Å²) in [5.74, 6) is 0.232. The summed E-state index contributed by atoms with van der Waals surface area (Å²) in [6.45, 7) is 1.93. The van der Waals surface area contributed by atoms with Gasteiger partial charge in [-0.15, -0.1) is 0 Å². The number of carbonyl (C=O) groups is 2. The minimum atomic E-state index is -0.630. The second kappa shape index (κ2) is 2.21. The van der Waals surface area contributed by atoms with E-state index in [4.69, 9.17) is 0 Å². The van der Waals surface area contributed by atoms with Crippen LogP contribution in [-0.2, 0) is 9.59 Å². The van der Waals surface area contributed by atoms with Gasteiger partial charge in [-0.3, -0.25) is 9.59 Å². The van der Waals surface area contributed by atoms with Crippen LogP contribution in [0.5, 0.6) is 0 Å². The van der Waals surface area contributed by atoms with E-state index in [1.54, 1.807) is 6.92 Å². The molecule has 0 bridgehead atoms. The van der Waals surface area contributed by atoms with Crippen molar-refractivity contribution in [2.24, 2.45) is 5.92 Å². The van der Waals surface area contributed by atoms with E-state index in [1.807, 2.05) is 0 Å². The number of nitrogens with one attached hydrogen (secondary N) is 2. The Balaban J connectivity index is 2.19. The summed E-state index contributed by atoms with van der Waals surface area (Å²) in [6, 6.07) is 0. The van der Waals surface area contributed by atoms with Gasteiger partial charge >= 0.3 is 0 Å². The third-order valence-corrected chi connectivity index (χ3v) is 2.67. The Kier molecular flexibility index (Phi) is 1.40. The third-order valence-electron chi connectivity index (χ3n) is 2.67. The van der Waals surface area contributed by atoms with Crippen LogP contribution in [0.4, 0.5) is 0 Å². The first-order chi connectivity index (χ1) is 5.63. The zero-order valence-corrected chi connectivity index (χ0v) is 7.02. The molecule has 0 radical (unpaired) electrons. The summed E-state index contributed by atoms with van der Waals surface area (Å²) in [4.78, 5) is 22.4. The van der Waals surface area contributed by atoms with Gasteiger partial charge < -0.3 is 10.6 Å². The minimum Gasteiger partial charge on any atom is -0.345 e. The van der Waals surface area contributed by atoms with Crippen LogP contribution in [0.2, 0.25) is 0 Å². The van der Waals surface area contributed by atoms with Gasteiger partial charge in [-0.05, 0) is 25.7 Å². The standard InChI is InChI=1S/C8H12N2O2/c1-8(5-2-3-5)7(12)9-4-6(11)10-8/h5H,2-4H2,1H3,(H,9,12)(H,10,11). The summed E-state index contributed by atoms with van der Waals surface area (Å²) < 4.78 is 0. The number of amides is 2. The van der Waals surface area contributed by atoms with Gasteiger partial charge in [0.15, 0.2) is 0 Å². The summed E-state index contributed by atoms with van der Waals surface area (Å²) in [6.07, 6.45) is 2.09. The summed E-state index contributed by atoms with van der Waals surface area (Å²) >= 11 is 0. The number of hydrogen-bond acceptors (Lipinski definition) is 2. The van der Waals surface area contributed by atoms with Gasteiger partial charge in [-0.25, -0.2) is 0 Å². The van der Waals surface area contributed by atoms with Gasteiger partial charge in [0.25, 0.3) is 0 Å². The molecule has 1 heterocycles. The average Bonchev–Trinajstić information content (AvgIpc) is 2.79. The van der Waals surface area contributed by atoms with Gasteiger partial charge in [-0.2, -0.15) is 0 Å². The Bertz CT molecular complexity index is 247. The van der Waals surface area contributed by atoms with Crippen LogP contribution < -0.4 is 10.6 Å². The van der Waals surface area contributed by atoms with Crippen molar-refractivity contribution < 1.29 is 9.59 Å². The SMILES string of the molecule is CC1(C2CC2)NC(=O)CNC1=O. The number of piperazine rings is 1. The lowest BCUT2D eigenvalue weighted by Crippen LogP contribution is -2.65. The van der Waals surface area contributed by atoms with Crippen molar-refractivity contribution in [1.82, 2.24) is 10.6 Å². The average molecular weight is 168 g/mol. The molecular formula is C8H12N2O2. The van der Waals surface area contributed by atoms with Crippen LogP contribution in [0.3, 0.4) is 0 Å². The van der Waals surface area contributed by atoms with Gasteiger partial charge in [0.2, 0.25) is 11.8 Å². The van der Waals surface area contributed by atoms with Crippen LogP contribution in [0, 0.1) is 5.92 Å². The minimum absolute atomic E-state index is 0.0374. The van der Waals surface area contributed by atoms with Crippen molar-refractivity contribution in [3.8, 4) is 0 Å². The molecule has 2 amide bonds. The molecular weight excluding hydrogens is 156 g/mol. The molecule has 4 nitrogen and oxygen atoms in total. The first-order valence-electron chi connectivity index (χ1n) is 4.22. The molecule has 0 aromatic rings. The molecule has 1 atom stereocenters. The normalized spacial score (nSPS) is 35.8. The Morgan fingerprint density at radius 3 is 2.67 bits per heavy atom. The van der Waals surface area contributed by atoms with E-state index >= 15 is 0 Å². The lowest BCUT2D eigenvalue weighted by atomic mass is 9.93. The number of rotatable bonds is 1. The molecule has 0 aromatic heterocycles. The zero-order valence-electron chi connectivity index (χ0n) is 7.02. The smallest absolute Gasteiger partial charge is 0.246 e.